The Labute approximate surface area is 144 Å². The minimum Gasteiger partial charge on any atom is -0.493 e. The number of ether oxygens (including phenoxy) is 3. The number of methoxy groups -OCH3 is 1. The maximum Gasteiger partial charge on any atom is 0.217 e. The Morgan fingerprint density at radius 3 is 2.62 bits per heavy atom. The molecule has 5 heteroatoms. The van der Waals surface area contributed by atoms with Gasteiger partial charge in [0.25, 0.3) is 0 Å². The average molecular weight is 335 g/mol. The molecule has 134 valence electrons. The number of nitrogens with zero attached hydrogens (tertiary/aromatic N) is 1. The lowest BCUT2D eigenvalue weighted by atomic mass is 10.0. The number of aliphatic hydroxyl groups is 1. The Bertz CT molecular complexity index is 593. The van der Waals surface area contributed by atoms with Gasteiger partial charge < -0.3 is 19.3 Å². The smallest absolute Gasteiger partial charge is 0.217 e. The fourth-order valence-electron chi connectivity index (χ4n) is 2.74. The van der Waals surface area contributed by atoms with E-state index in [1.54, 1.807) is 14.0 Å². The molecule has 0 saturated carbocycles. The molecule has 1 N–H and O–H groups in total. The molecule has 0 amide bonds. The van der Waals surface area contributed by atoms with Gasteiger partial charge in [0.05, 0.1) is 25.4 Å². The van der Waals surface area contributed by atoms with E-state index in [0.717, 1.165) is 24.8 Å². The van der Waals surface area contributed by atoms with Crippen molar-refractivity contribution in [2.24, 2.45) is 4.99 Å². The van der Waals surface area contributed by atoms with Crippen molar-refractivity contribution < 1.29 is 19.3 Å². The van der Waals surface area contributed by atoms with Crippen LogP contribution in [0.4, 0.5) is 0 Å². The Kier molecular flexibility index (Phi) is 6.10. The number of benzene rings is 1. The van der Waals surface area contributed by atoms with Crippen molar-refractivity contribution in [2.75, 3.05) is 20.3 Å². The number of aliphatic imine (C=N–C) groups is 1. The van der Waals surface area contributed by atoms with E-state index in [0.29, 0.717) is 36.2 Å². The summed E-state index contributed by atoms with van der Waals surface area (Å²) < 4.78 is 17.2. The van der Waals surface area contributed by atoms with Crippen molar-refractivity contribution in [1.29, 1.82) is 0 Å². The van der Waals surface area contributed by atoms with Crippen LogP contribution in [0.15, 0.2) is 17.1 Å². The van der Waals surface area contributed by atoms with E-state index in [2.05, 4.69) is 11.9 Å². The van der Waals surface area contributed by atoms with Crippen LogP contribution in [0.1, 0.15) is 64.2 Å². The highest BCUT2D eigenvalue weighted by Crippen LogP contribution is 2.39. The predicted octanol–water partition coefficient (Wildman–Crippen LogP) is 3.87. The first-order valence-electron chi connectivity index (χ1n) is 8.64. The summed E-state index contributed by atoms with van der Waals surface area (Å²) in [4.78, 5) is 4.63. The molecule has 1 aromatic rings. The molecule has 0 aliphatic carbocycles. The van der Waals surface area contributed by atoms with Crippen molar-refractivity contribution in [1.82, 2.24) is 0 Å². The first-order chi connectivity index (χ1) is 11.4. The van der Waals surface area contributed by atoms with Crippen molar-refractivity contribution in [3.05, 3.63) is 23.3 Å². The third kappa shape index (κ3) is 4.20. The number of hydrogen-bond acceptors (Lipinski definition) is 5. The quantitative estimate of drug-likeness (QED) is 0.733. The highest BCUT2D eigenvalue weighted by atomic mass is 16.5. The lowest BCUT2D eigenvalue weighted by Gasteiger charge is -2.20. The molecule has 0 bridgehead atoms. The molecular formula is C19H29NO4. The van der Waals surface area contributed by atoms with Crippen LogP contribution < -0.4 is 9.47 Å². The maximum atomic E-state index is 10.4. The summed E-state index contributed by atoms with van der Waals surface area (Å²) >= 11 is 0. The molecule has 1 aliphatic rings. The van der Waals surface area contributed by atoms with Crippen molar-refractivity contribution in [3.63, 3.8) is 0 Å². The second kappa shape index (κ2) is 7.88. The molecular weight excluding hydrogens is 306 g/mol. The highest BCUT2D eigenvalue weighted by Gasteiger charge is 2.31. The Morgan fingerprint density at radius 2 is 2.08 bits per heavy atom. The minimum absolute atomic E-state index is 0.257. The van der Waals surface area contributed by atoms with Gasteiger partial charge in [0.1, 0.15) is 6.61 Å². The maximum absolute atomic E-state index is 10.4. The second-order valence-corrected chi connectivity index (χ2v) is 6.81. The van der Waals surface area contributed by atoms with Crippen molar-refractivity contribution in [2.45, 2.75) is 58.6 Å². The van der Waals surface area contributed by atoms with Gasteiger partial charge in [-0.05, 0) is 39.3 Å². The van der Waals surface area contributed by atoms with E-state index >= 15 is 0 Å². The van der Waals surface area contributed by atoms with Gasteiger partial charge in [-0.1, -0.05) is 19.8 Å². The topological polar surface area (TPSA) is 60.3 Å². The van der Waals surface area contributed by atoms with Crippen LogP contribution >= 0.6 is 0 Å². The molecule has 1 aromatic carbocycles. The van der Waals surface area contributed by atoms with Crippen LogP contribution in [-0.4, -0.2) is 36.9 Å². The highest BCUT2D eigenvalue weighted by molar-refractivity contribution is 5.98. The van der Waals surface area contributed by atoms with Gasteiger partial charge in [0, 0.05) is 11.1 Å². The zero-order valence-electron chi connectivity index (χ0n) is 15.4. The third-order valence-corrected chi connectivity index (χ3v) is 3.99. The molecule has 1 unspecified atom stereocenters. The zero-order valence-corrected chi connectivity index (χ0v) is 15.4. The summed E-state index contributed by atoms with van der Waals surface area (Å²) in [7, 11) is 1.60. The van der Waals surface area contributed by atoms with Crippen LogP contribution in [0.5, 0.6) is 11.5 Å². The average Bonchev–Trinajstić information content (AvgIpc) is 2.90. The van der Waals surface area contributed by atoms with Gasteiger partial charge in [-0.3, -0.25) is 0 Å². The SMILES string of the molecule is CCCCCOc1c(OC)ccc(C2=NC(C)(C)CO2)c1C(C)O. The summed E-state index contributed by atoms with van der Waals surface area (Å²) in [5, 5.41) is 10.4. The number of aliphatic hydroxyl groups excluding tert-OH is 1. The molecule has 0 aromatic heterocycles. The standard InChI is InChI=1S/C19H29NO4/c1-6-7-8-11-23-17-15(22-5)10-9-14(16(17)13(2)21)18-20-19(3,4)12-24-18/h9-10,13,21H,6-8,11-12H2,1-5H3. The van der Waals surface area contributed by atoms with Gasteiger partial charge in [-0.15, -0.1) is 0 Å². The van der Waals surface area contributed by atoms with E-state index in [9.17, 15) is 5.11 Å². The van der Waals surface area contributed by atoms with E-state index in [1.807, 2.05) is 26.0 Å². The van der Waals surface area contributed by atoms with Gasteiger partial charge in [-0.25, -0.2) is 4.99 Å². The Hall–Kier alpha value is -1.75. The third-order valence-electron chi connectivity index (χ3n) is 3.99. The molecule has 0 radical (unpaired) electrons. The summed E-state index contributed by atoms with van der Waals surface area (Å²) in [5.74, 6) is 1.75. The number of hydrogen-bond donors (Lipinski definition) is 1. The molecule has 24 heavy (non-hydrogen) atoms. The van der Waals surface area contributed by atoms with Crippen LogP contribution in [0.3, 0.4) is 0 Å². The molecule has 0 saturated heterocycles. The molecule has 1 atom stereocenters. The van der Waals surface area contributed by atoms with Crippen LogP contribution in [-0.2, 0) is 4.74 Å². The first-order valence-corrected chi connectivity index (χ1v) is 8.64. The second-order valence-electron chi connectivity index (χ2n) is 6.81. The van der Waals surface area contributed by atoms with Gasteiger partial charge >= 0.3 is 0 Å². The van der Waals surface area contributed by atoms with Gasteiger partial charge in [0.15, 0.2) is 11.5 Å². The minimum atomic E-state index is -0.716. The monoisotopic (exact) mass is 335 g/mol. The lowest BCUT2D eigenvalue weighted by Crippen LogP contribution is -2.17. The van der Waals surface area contributed by atoms with Crippen LogP contribution in [0.25, 0.3) is 0 Å². The largest absolute Gasteiger partial charge is 0.493 e. The molecule has 1 heterocycles. The number of unbranched alkanes of at least 4 members (excludes halogenated alkanes) is 2. The predicted molar refractivity (Wildman–Crippen MR) is 95.2 cm³/mol. The van der Waals surface area contributed by atoms with E-state index in [4.69, 9.17) is 14.2 Å². The van der Waals surface area contributed by atoms with Gasteiger partial charge in [-0.2, -0.15) is 0 Å². The molecule has 0 fully saturated rings. The first kappa shape index (κ1) is 18.6. The summed E-state index contributed by atoms with van der Waals surface area (Å²) in [6, 6.07) is 3.72. The van der Waals surface area contributed by atoms with E-state index in [-0.39, 0.29) is 5.54 Å². The summed E-state index contributed by atoms with van der Waals surface area (Å²) in [6.07, 6.45) is 2.49. The zero-order chi connectivity index (χ0) is 17.7. The summed E-state index contributed by atoms with van der Waals surface area (Å²) in [5.41, 5.74) is 1.18. The Balaban J connectivity index is 2.41. The van der Waals surface area contributed by atoms with E-state index < -0.39 is 6.10 Å². The fraction of sp³-hybridized carbons (Fsp3) is 0.632. The van der Waals surface area contributed by atoms with Gasteiger partial charge in [0.2, 0.25) is 5.90 Å². The Morgan fingerprint density at radius 1 is 1.33 bits per heavy atom. The van der Waals surface area contributed by atoms with Crippen molar-refractivity contribution in [3.8, 4) is 11.5 Å². The van der Waals surface area contributed by atoms with Crippen molar-refractivity contribution >= 4 is 5.90 Å². The normalized spacial score (nSPS) is 17.2. The summed E-state index contributed by atoms with van der Waals surface area (Å²) in [6.45, 7) is 9.03. The fourth-order valence-corrected chi connectivity index (χ4v) is 2.74. The molecule has 1 aliphatic heterocycles. The van der Waals surface area contributed by atoms with Crippen LogP contribution in [0.2, 0.25) is 0 Å². The van der Waals surface area contributed by atoms with E-state index in [1.165, 1.54) is 0 Å². The molecule has 2 rings (SSSR count). The molecule has 5 nitrogen and oxygen atoms in total. The molecule has 0 spiro atoms. The lowest BCUT2D eigenvalue weighted by molar-refractivity contribution is 0.187. The number of rotatable bonds is 8. The van der Waals surface area contributed by atoms with Crippen LogP contribution in [0, 0.1) is 0 Å².